The molecule has 14 heavy (non-hydrogen) atoms. The summed E-state index contributed by atoms with van der Waals surface area (Å²) in [5, 5.41) is 0. The highest BCUT2D eigenvalue weighted by molar-refractivity contribution is 8.01. The Morgan fingerprint density at radius 3 is 2.21 bits per heavy atom. The molecule has 0 bridgehead atoms. The summed E-state index contributed by atoms with van der Waals surface area (Å²) < 4.78 is -0.177. The minimum atomic E-state index is -0.177. The summed E-state index contributed by atoms with van der Waals surface area (Å²) >= 11 is 1.77. The first-order chi connectivity index (χ1) is 6.62. The molecule has 0 aromatic carbocycles. The second-order valence-corrected chi connectivity index (χ2v) is 6.09. The average molecular weight is 216 g/mol. The first-order valence-corrected chi connectivity index (χ1v) is 6.71. The van der Waals surface area contributed by atoms with Gasteiger partial charge in [-0.3, -0.25) is 0 Å². The molecule has 1 nitrogen and oxygen atoms in total. The normalized spacial score (nSPS) is 11.6. The van der Waals surface area contributed by atoms with E-state index in [-0.39, 0.29) is 4.75 Å². The van der Waals surface area contributed by atoms with Crippen LogP contribution in [0.15, 0.2) is 0 Å². The van der Waals surface area contributed by atoms with Crippen LogP contribution in [0, 0.1) is 0 Å². The van der Waals surface area contributed by atoms with Crippen molar-refractivity contribution in [2.45, 2.75) is 64.0 Å². The van der Waals surface area contributed by atoms with Crippen LogP contribution < -0.4 is 0 Å². The Kier molecular flexibility index (Phi) is 8.35. The van der Waals surface area contributed by atoms with E-state index in [1.165, 1.54) is 38.5 Å². The molecular weight excluding hydrogens is 192 g/mol. The van der Waals surface area contributed by atoms with Crippen LogP contribution in [0.4, 0.5) is 0 Å². The van der Waals surface area contributed by atoms with Gasteiger partial charge < -0.3 is 4.79 Å². The molecule has 0 saturated heterocycles. The number of unbranched alkanes of at least 4 members (excludes halogenated alkanes) is 5. The van der Waals surface area contributed by atoms with E-state index in [1.54, 1.807) is 11.8 Å². The highest BCUT2D eigenvalue weighted by atomic mass is 32.2. The minimum Gasteiger partial charge on any atom is -0.302 e. The number of rotatable bonds is 9. The van der Waals surface area contributed by atoms with E-state index in [9.17, 15) is 4.79 Å². The fourth-order valence-corrected chi connectivity index (χ4v) is 2.19. The van der Waals surface area contributed by atoms with Crippen LogP contribution in [0.25, 0.3) is 0 Å². The van der Waals surface area contributed by atoms with E-state index in [0.717, 1.165) is 12.0 Å². The zero-order valence-corrected chi connectivity index (χ0v) is 10.7. The lowest BCUT2D eigenvalue weighted by Crippen LogP contribution is -2.16. The largest absolute Gasteiger partial charge is 0.302 e. The zero-order chi connectivity index (χ0) is 10.9. The van der Waals surface area contributed by atoms with E-state index < -0.39 is 0 Å². The third-order valence-corrected chi connectivity index (χ3v) is 3.59. The SMILES string of the molecule is CCCCCCCCSC(C)(C)C=O. The Labute approximate surface area is 93.0 Å². The Morgan fingerprint density at radius 2 is 1.64 bits per heavy atom. The van der Waals surface area contributed by atoms with Crippen LogP contribution >= 0.6 is 11.8 Å². The van der Waals surface area contributed by atoms with E-state index in [1.807, 2.05) is 13.8 Å². The van der Waals surface area contributed by atoms with Gasteiger partial charge in [0.2, 0.25) is 0 Å². The van der Waals surface area contributed by atoms with Crippen molar-refractivity contribution in [3.05, 3.63) is 0 Å². The summed E-state index contributed by atoms with van der Waals surface area (Å²) in [7, 11) is 0. The molecule has 2 heteroatoms. The fourth-order valence-electron chi connectivity index (χ4n) is 1.25. The highest BCUT2D eigenvalue weighted by Gasteiger charge is 2.15. The second kappa shape index (κ2) is 8.34. The molecule has 0 aliphatic carbocycles. The molecule has 0 heterocycles. The van der Waals surface area contributed by atoms with Gasteiger partial charge in [0, 0.05) is 0 Å². The standard InChI is InChI=1S/C12H24OS/c1-4-5-6-7-8-9-10-14-12(2,3)11-13/h11H,4-10H2,1-3H3. The van der Waals surface area contributed by atoms with Crippen LogP contribution in [0.5, 0.6) is 0 Å². The van der Waals surface area contributed by atoms with Crippen molar-refractivity contribution in [3.8, 4) is 0 Å². The summed E-state index contributed by atoms with van der Waals surface area (Å²) in [4.78, 5) is 10.6. The maximum atomic E-state index is 10.6. The summed E-state index contributed by atoms with van der Waals surface area (Å²) in [6.45, 7) is 6.21. The summed E-state index contributed by atoms with van der Waals surface area (Å²) in [5.74, 6) is 1.12. The van der Waals surface area contributed by atoms with Crippen molar-refractivity contribution in [2.24, 2.45) is 0 Å². The van der Waals surface area contributed by atoms with Gasteiger partial charge in [-0.15, -0.1) is 11.8 Å². The Hall–Kier alpha value is 0.0200. The van der Waals surface area contributed by atoms with Gasteiger partial charge in [-0.05, 0) is 26.0 Å². The molecule has 0 radical (unpaired) electrons. The molecule has 0 fully saturated rings. The van der Waals surface area contributed by atoms with Gasteiger partial charge in [0.15, 0.2) is 0 Å². The summed E-state index contributed by atoms with van der Waals surface area (Å²) in [6, 6.07) is 0. The van der Waals surface area contributed by atoms with Crippen LogP contribution in [-0.2, 0) is 4.79 Å². The zero-order valence-electron chi connectivity index (χ0n) is 9.84. The molecule has 0 spiro atoms. The van der Waals surface area contributed by atoms with Crippen LogP contribution in [0.2, 0.25) is 0 Å². The topological polar surface area (TPSA) is 17.1 Å². The van der Waals surface area contributed by atoms with Crippen molar-refractivity contribution in [2.75, 3.05) is 5.75 Å². The first kappa shape index (κ1) is 14.0. The molecule has 0 rings (SSSR count). The molecule has 0 amide bonds. The first-order valence-electron chi connectivity index (χ1n) is 5.72. The number of aldehydes is 1. The van der Waals surface area contributed by atoms with Crippen molar-refractivity contribution in [1.29, 1.82) is 0 Å². The Balaban J connectivity index is 3.17. The van der Waals surface area contributed by atoms with Crippen molar-refractivity contribution in [1.82, 2.24) is 0 Å². The van der Waals surface area contributed by atoms with Crippen LogP contribution in [0.3, 0.4) is 0 Å². The lowest BCUT2D eigenvalue weighted by molar-refractivity contribution is -0.109. The molecule has 0 unspecified atom stereocenters. The molecule has 0 N–H and O–H groups in total. The van der Waals surface area contributed by atoms with Crippen LogP contribution in [-0.4, -0.2) is 16.8 Å². The van der Waals surface area contributed by atoms with Crippen molar-refractivity contribution >= 4 is 18.0 Å². The monoisotopic (exact) mass is 216 g/mol. The number of carbonyl (C=O) groups is 1. The maximum absolute atomic E-state index is 10.6. The van der Waals surface area contributed by atoms with Crippen LogP contribution in [0.1, 0.15) is 59.3 Å². The summed E-state index contributed by atoms with van der Waals surface area (Å²) in [6.07, 6.45) is 9.04. The van der Waals surface area contributed by atoms with Crippen molar-refractivity contribution < 1.29 is 4.79 Å². The molecule has 0 saturated carbocycles. The number of carbonyl (C=O) groups excluding carboxylic acids is 1. The van der Waals surface area contributed by atoms with Gasteiger partial charge in [0.25, 0.3) is 0 Å². The van der Waals surface area contributed by atoms with E-state index in [2.05, 4.69) is 6.92 Å². The molecule has 84 valence electrons. The van der Waals surface area contributed by atoms with Gasteiger partial charge in [0.1, 0.15) is 6.29 Å². The third-order valence-electron chi connectivity index (χ3n) is 2.26. The molecule has 0 aliphatic rings. The van der Waals surface area contributed by atoms with Gasteiger partial charge in [0.05, 0.1) is 4.75 Å². The lowest BCUT2D eigenvalue weighted by Gasteiger charge is -2.15. The average Bonchev–Trinajstić information content (AvgIpc) is 2.16. The minimum absolute atomic E-state index is 0.177. The molecular formula is C12H24OS. The fraction of sp³-hybridized carbons (Fsp3) is 0.917. The smallest absolute Gasteiger partial charge is 0.135 e. The van der Waals surface area contributed by atoms with E-state index >= 15 is 0 Å². The molecule has 0 aromatic rings. The predicted octanol–water partition coefficient (Wildman–Crippen LogP) is 4.06. The number of thioether (sulfide) groups is 1. The van der Waals surface area contributed by atoms with Gasteiger partial charge in [-0.25, -0.2) is 0 Å². The van der Waals surface area contributed by atoms with E-state index in [4.69, 9.17) is 0 Å². The second-order valence-electron chi connectivity index (χ2n) is 4.34. The van der Waals surface area contributed by atoms with Gasteiger partial charge in [-0.2, -0.15) is 0 Å². The number of hydrogen-bond acceptors (Lipinski definition) is 2. The summed E-state index contributed by atoms with van der Waals surface area (Å²) in [5.41, 5.74) is 0. The Bertz CT molecular complexity index is 143. The quantitative estimate of drug-likeness (QED) is 0.427. The molecule has 0 atom stereocenters. The maximum Gasteiger partial charge on any atom is 0.135 e. The lowest BCUT2D eigenvalue weighted by atomic mass is 10.1. The third kappa shape index (κ3) is 8.61. The Morgan fingerprint density at radius 1 is 1.07 bits per heavy atom. The highest BCUT2D eigenvalue weighted by Crippen LogP contribution is 2.23. The van der Waals surface area contributed by atoms with Gasteiger partial charge in [-0.1, -0.05) is 39.0 Å². The van der Waals surface area contributed by atoms with Gasteiger partial charge >= 0.3 is 0 Å². The van der Waals surface area contributed by atoms with Crippen molar-refractivity contribution in [3.63, 3.8) is 0 Å². The number of hydrogen-bond donors (Lipinski definition) is 0. The predicted molar refractivity (Wildman–Crippen MR) is 66.0 cm³/mol. The van der Waals surface area contributed by atoms with E-state index in [0.29, 0.717) is 0 Å². The molecule has 0 aliphatic heterocycles. The molecule has 0 aromatic heterocycles.